The number of nitrogens with one attached hydrogen (secondary N) is 2. The molecule has 9 heteroatoms. The number of rotatable bonds is 3. The van der Waals surface area contributed by atoms with Gasteiger partial charge in [0.15, 0.2) is 0 Å². The topological polar surface area (TPSA) is 71.1 Å². The molecule has 2 N–H and O–H groups in total. The summed E-state index contributed by atoms with van der Waals surface area (Å²) in [7, 11) is 0. The van der Waals surface area contributed by atoms with E-state index >= 15 is 0 Å². The highest BCUT2D eigenvalue weighted by Gasteiger charge is 2.30. The van der Waals surface area contributed by atoms with E-state index < -0.39 is 23.6 Å². The maximum Gasteiger partial charge on any atom is 0.416 e. The number of alkyl halides is 3. The maximum atomic E-state index is 12.8. The first-order valence-corrected chi connectivity index (χ1v) is 8.51. The zero-order valence-electron chi connectivity index (χ0n) is 13.6. The van der Waals surface area contributed by atoms with Gasteiger partial charge in [-0.1, -0.05) is 30.3 Å². The molecule has 5 nitrogen and oxygen atoms in total. The first kappa shape index (κ1) is 18.6. The third kappa shape index (κ3) is 4.50. The van der Waals surface area contributed by atoms with Gasteiger partial charge in [0.05, 0.1) is 5.56 Å². The zero-order chi connectivity index (χ0) is 19.4. The molecule has 0 aliphatic rings. The van der Waals surface area contributed by atoms with Gasteiger partial charge in [0, 0.05) is 16.5 Å². The summed E-state index contributed by atoms with van der Waals surface area (Å²) in [6.45, 7) is 0. The van der Waals surface area contributed by atoms with Crippen LogP contribution in [0, 0.1) is 0 Å². The van der Waals surface area contributed by atoms with Crippen molar-refractivity contribution in [3.8, 4) is 10.6 Å². The van der Waals surface area contributed by atoms with E-state index in [0.717, 1.165) is 23.5 Å². The minimum atomic E-state index is -4.46. The molecule has 27 heavy (non-hydrogen) atoms. The van der Waals surface area contributed by atoms with Crippen LogP contribution in [0.4, 0.5) is 13.2 Å². The molecule has 3 rings (SSSR count). The number of carbonyl (C=O) groups excluding carboxylic acids is 2. The highest BCUT2D eigenvalue weighted by molar-refractivity contribution is 7.13. The van der Waals surface area contributed by atoms with Crippen LogP contribution in [0.5, 0.6) is 0 Å². The Morgan fingerprint density at radius 3 is 2.33 bits per heavy atom. The van der Waals surface area contributed by atoms with Crippen molar-refractivity contribution in [2.75, 3.05) is 0 Å². The monoisotopic (exact) mass is 391 g/mol. The lowest BCUT2D eigenvalue weighted by atomic mass is 10.1. The van der Waals surface area contributed by atoms with Crippen LogP contribution >= 0.6 is 11.3 Å². The van der Waals surface area contributed by atoms with Gasteiger partial charge in [-0.25, -0.2) is 4.98 Å². The van der Waals surface area contributed by atoms with Gasteiger partial charge < -0.3 is 0 Å². The molecule has 0 aliphatic heterocycles. The number of hydrogen-bond donors (Lipinski definition) is 2. The largest absolute Gasteiger partial charge is 0.416 e. The maximum absolute atomic E-state index is 12.8. The van der Waals surface area contributed by atoms with E-state index in [9.17, 15) is 22.8 Å². The molecule has 0 radical (unpaired) electrons. The van der Waals surface area contributed by atoms with Gasteiger partial charge in [0.1, 0.15) is 10.7 Å². The first-order chi connectivity index (χ1) is 12.8. The van der Waals surface area contributed by atoms with Crippen molar-refractivity contribution < 1.29 is 22.8 Å². The second-order valence-corrected chi connectivity index (χ2v) is 6.25. The van der Waals surface area contributed by atoms with Gasteiger partial charge in [-0.05, 0) is 24.3 Å². The third-order valence-electron chi connectivity index (χ3n) is 3.50. The normalized spacial score (nSPS) is 11.1. The summed E-state index contributed by atoms with van der Waals surface area (Å²) in [5, 5.41) is 1.67. The Morgan fingerprint density at radius 1 is 0.926 bits per heavy atom. The smallest absolute Gasteiger partial charge is 0.267 e. The van der Waals surface area contributed by atoms with E-state index in [0.29, 0.717) is 5.56 Å². The van der Waals surface area contributed by atoms with Crippen molar-refractivity contribution in [2.24, 2.45) is 0 Å². The number of thiazole rings is 1. The molecule has 0 aliphatic carbocycles. The van der Waals surface area contributed by atoms with Crippen molar-refractivity contribution in [3.63, 3.8) is 0 Å². The Balaban J connectivity index is 1.69. The van der Waals surface area contributed by atoms with Crippen LogP contribution in [0.2, 0.25) is 0 Å². The summed E-state index contributed by atoms with van der Waals surface area (Å²) in [6.07, 6.45) is -4.46. The lowest BCUT2D eigenvalue weighted by molar-refractivity contribution is -0.137. The van der Waals surface area contributed by atoms with Gasteiger partial charge in [-0.15, -0.1) is 11.3 Å². The zero-order valence-corrected chi connectivity index (χ0v) is 14.4. The van der Waals surface area contributed by atoms with Crippen LogP contribution in [0.3, 0.4) is 0 Å². The Labute approximate surface area is 155 Å². The Morgan fingerprint density at radius 2 is 1.63 bits per heavy atom. The Hall–Kier alpha value is -3.20. The number of aromatic nitrogens is 1. The molecule has 1 heterocycles. The molecule has 1 aromatic heterocycles. The van der Waals surface area contributed by atoms with Crippen molar-refractivity contribution in [2.45, 2.75) is 6.18 Å². The minimum Gasteiger partial charge on any atom is -0.267 e. The molecular weight excluding hydrogens is 379 g/mol. The lowest BCUT2D eigenvalue weighted by Crippen LogP contribution is -2.41. The SMILES string of the molecule is O=C(NNC(=O)c1csc(-c2cccc(C(F)(F)F)c2)n1)c1ccccc1. The van der Waals surface area contributed by atoms with Crippen molar-refractivity contribution >= 4 is 23.2 Å². The first-order valence-electron chi connectivity index (χ1n) is 7.63. The van der Waals surface area contributed by atoms with Crippen molar-refractivity contribution in [1.82, 2.24) is 15.8 Å². The van der Waals surface area contributed by atoms with E-state index in [4.69, 9.17) is 0 Å². The molecule has 0 saturated heterocycles. The van der Waals surface area contributed by atoms with Crippen LogP contribution in [0.25, 0.3) is 10.6 Å². The van der Waals surface area contributed by atoms with Gasteiger partial charge in [-0.3, -0.25) is 20.4 Å². The summed E-state index contributed by atoms with van der Waals surface area (Å²) in [6, 6.07) is 13.0. The summed E-state index contributed by atoms with van der Waals surface area (Å²) in [5.74, 6) is -1.17. The molecule has 2 aromatic carbocycles. The molecule has 2 amide bonds. The quantitative estimate of drug-likeness (QED) is 0.665. The average molecular weight is 391 g/mol. The number of benzene rings is 2. The second-order valence-electron chi connectivity index (χ2n) is 5.39. The van der Waals surface area contributed by atoms with Crippen LogP contribution in [-0.4, -0.2) is 16.8 Å². The van der Waals surface area contributed by atoms with Gasteiger partial charge in [0.2, 0.25) is 0 Å². The van der Waals surface area contributed by atoms with E-state index in [1.807, 2.05) is 0 Å². The van der Waals surface area contributed by atoms with E-state index in [1.165, 1.54) is 17.5 Å². The van der Waals surface area contributed by atoms with Crippen LogP contribution in [-0.2, 0) is 6.18 Å². The number of carbonyl (C=O) groups is 2. The van der Waals surface area contributed by atoms with Crippen LogP contribution in [0.15, 0.2) is 60.0 Å². The molecule has 3 aromatic rings. The number of amides is 2. The van der Waals surface area contributed by atoms with Crippen LogP contribution < -0.4 is 10.9 Å². The molecule has 0 unspecified atom stereocenters. The highest BCUT2D eigenvalue weighted by atomic mass is 32.1. The molecular formula is C18H12F3N3O2S. The predicted molar refractivity (Wildman–Crippen MR) is 93.9 cm³/mol. The summed E-state index contributed by atoms with van der Waals surface area (Å²) < 4.78 is 38.4. The summed E-state index contributed by atoms with van der Waals surface area (Å²) >= 11 is 1.03. The van der Waals surface area contributed by atoms with E-state index in [2.05, 4.69) is 15.8 Å². The van der Waals surface area contributed by atoms with Crippen molar-refractivity contribution in [1.29, 1.82) is 0 Å². The number of halogens is 3. The lowest BCUT2D eigenvalue weighted by Gasteiger charge is -2.07. The molecule has 0 saturated carbocycles. The number of hydrogen-bond acceptors (Lipinski definition) is 4. The van der Waals surface area contributed by atoms with Crippen molar-refractivity contribution in [3.05, 3.63) is 76.8 Å². The molecule has 0 spiro atoms. The number of hydrazine groups is 1. The predicted octanol–water partition coefficient (Wildman–Crippen LogP) is 3.90. The molecule has 0 bridgehead atoms. The van der Waals surface area contributed by atoms with Gasteiger partial charge in [0.25, 0.3) is 11.8 Å². The Bertz CT molecular complexity index is 971. The molecule has 138 valence electrons. The highest BCUT2D eigenvalue weighted by Crippen LogP contribution is 2.33. The van der Waals surface area contributed by atoms with E-state index in [-0.39, 0.29) is 16.3 Å². The van der Waals surface area contributed by atoms with Gasteiger partial charge >= 0.3 is 6.18 Å². The fourth-order valence-corrected chi connectivity index (χ4v) is 2.98. The fraction of sp³-hybridized carbons (Fsp3) is 0.0556. The van der Waals surface area contributed by atoms with E-state index in [1.54, 1.807) is 30.3 Å². The standard InChI is InChI=1S/C18H12F3N3O2S/c19-18(20,21)13-8-4-7-12(9-13)17-22-14(10-27-17)16(26)24-23-15(25)11-5-2-1-3-6-11/h1-10H,(H,23,25)(H,24,26). The molecule has 0 atom stereocenters. The molecule has 0 fully saturated rings. The Kier molecular flexibility index (Phi) is 5.22. The summed E-state index contributed by atoms with van der Waals surface area (Å²) in [4.78, 5) is 28.0. The summed E-state index contributed by atoms with van der Waals surface area (Å²) in [5.41, 5.74) is 4.28. The minimum absolute atomic E-state index is 0.0132. The number of nitrogens with zero attached hydrogens (tertiary/aromatic N) is 1. The average Bonchev–Trinajstić information content (AvgIpc) is 3.16. The van der Waals surface area contributed by atoms with Gasteiger partial charge in [-0.2, -0.15) is 13.2 Å². The third-order valence-corrected chi connectivity index (χ3v) is 4.39. The fourth-order valence-electron chi connectivity index (χ4n) is 2.18. The second kappa shape index (κ2) is 7.58. The van der Waals surface area contributed by atoms with Crippen LogP contribution in [0.1, 0.15) is 26.4 Å².